The number of benzene rings is 1. The summed E-state index contributed by atoms with van der Waals surface area (Å²) in [5.74, 6) is 0.797. The smallest absolute Gasteiger partial charge is 0.410 e. The summed E-state index contributed by atoms with van der Waals surface area (Å²) in [7, 11) is 1.63. The number of hydrogen-bond donors (Lipinski definition) is 1. The van der Waals surface area contributed by atoms with Crippen molar-refractivity contribution < 1.29 is 14.3 Å². The Morgan fingerprint density at radius 3 is 2.58 bits per heavy atom. The zero-order valence-electron chi connectivity index (χ0n) is 14.8. The third-order valence-electron chi connectivity index (χ3n) is 3.92. The number of likely N-dealkylation sites (tertiary alicyclic amines) is 1. The first-order valence-corrected chi connectivity index (χ1v) is 8.04. The van der Waals surface area contributed by atoms with E-state index in [9.17, 15) is 10.1 Å². The van der Waals surface area contributed by atoms with Crippen LogP contribution in [-0.2, 0) is 11.3 Å². The lowest BCUT2D eigenvalue weighted by Crippen LogP contribution is -2.47. The molecule has 1 aliphatic heterocycles. The van der Waals surface area contributed by atoms with Gasteiger partial charge in [0.05, 0.1) is 19.7 Å². The van der Waals surface area contributed by atoms with E-state index in [0.29, 0.717) is 26.1 Å². The maximum Gasteiger partial charge on any atom is 0.410 e. The number of hydrogen-bond acceptors (Lipinski definition) is 5. The van der Waals surface area contributed by atoms with Crippen LogP contribution in [-0.4, -0.2) is 42.3 Å². The molecule has 0 spiro atoms. The number of nitriles is 1. The second-order valence-electron chi connectivity index (χ2n) is 7.05. The maximum absolute atomic E-state index is 12.2. The number of ether oxygens (including phenoxy) is 2. The summed E-state index contributed by atoms with van der Waals surface area (Å²) in [5, 5.41) is 12.9. The van der Waals surface area contributed by atoms with E-state index in [1.54, 1.807) is 12.0 Å². The molecule has 1 saturated heterocycles. The van der Waals surface area contributed by atoms with Crippen LogP contribution in [0.5, 0.6) is 5.75 Å². The standard InChI is InChI=1S/C18H25N3O3/c1-17(2,3)24-16(22)21-10-9-18(12-19,13-21)20-11-14-5-7-15(23-4)8-6-14/h5-8,20H,9-11,13H2,1-4H3. The average Bonchev–Trinajstić information content (AvgIpc) is 2.97. The molecule has 1 amide bonds. The monoisotopic (exact) mass is 331 g/mol. The third-order valence-corrected chi connectivity index (χ3v) is 3.92. The first-order valence-electron chi connectivity index (χ1n) is 8.04. The van der Waals surface area contributed by atoms with E-state index in [0.717, 1.165) is 11.3 Å². The summed E-state index contributed by atoms with van der Waals surface area (Å²) in [4.78, 5) is 13.8. The highest BCUT2D eigenvalue weighted by Crippen LogP contribution is 2.23. The number of nitrogens with one attached hydrogen (secondary N) is 1. The Bertz CT molecular complexity index is 616. The van der Waals surface area contributed by atoms with Crippen molar-refractivity contribution in [2.24, 2.45) is 0 Å². The molecule has 0 radical (unpaired) electrons. The summed E-state index contributed by atoms with van der Waals surface area (Å²) >= 11 is 0. The number of carbonyl (C=O) groups excluding carboxylic acids is 1. The minimum absolute atomic E-state index is 0.328. The number of nitrogens with zero attached hydrogens (tertiary/aromatic N) is 2. The molecular weight excluding hydrogens is 306 g/mol. The number of amides is 1. The van der Waals surface area contributed by atoms with Gasteiger partial charge < -0.3 is 14.4 Å². The Balaban J connectivity index is 1.95. The largest absolute Gasteiger partial charge is 0.497 e. The van der Waals surface area contributed by atoms with E-state index < -0.39 is 11.1 Å². The Labute approximate surface area is 143 Å². The number of methoxy groups -OCH3 is 1. The highest BCUT2D eigenvalue weighted by molar-refractivity contribution is 5.69. The van der Waals surface area contributed by atoms with Crippen LogP contribution in [0.2, 0.25) is 0 Å². The molecule has 1 heterocycles. The minimum atomic E-state index is -0.739. The van der Waals surface area contributed by atoms with Gasteiger partial charge in [-0.1, -0.05) is 12.1 Å². The predicted octanol–water partition coefficient (Wildman–Crippen LogP) is 2.69. The van der Waals surface area contributed by atoms with Gasteiger partial charge in [0.1, 0.15) is 16.9 Å². The zero-order valence-corrected chi connectivity index (χ0v) is 14.8. The first-order chi connectivity index (χ1) is 11.3. The van der Waals surface area contributed by atoms with Crippen LogP contribution in [0.3, 0.4) is 0 Å². The number of rotatable bonds is 4. The average molecular weight is 331 g/mol. The molecule has 2 rings (SSSR count). The molecule has 0 saturated carbocycles. The van der Waals surface area contributed by atoms with Crippen LogP contribution in [0.25, 0.3) is 0 Å². The van der Waals surface area contributed by atoms with E-state index in [1.807, 2.05) is 45.0 Å². The third kappa shape index (κ3) is 4.62. The van der Waals surface area contributed by atoms with Crippen LogP contribution < -0.4 is 10.1 Å². The van der Waals surface area contributed by atoms with Gasteiger partial charge >= 0.3 is 6.09 Å². The Kier molecular flexibility index (Phi) is 5.35. The summed E-state index contributed by atoms with van der Waals surface area (Å²) < 4.78 is 10.5. The molecule has 6 heteroatoms. The fourth-order valence-corrected chi connectivity index (χ4v) is 2.58. The van der Waals surface area contributed by atoms with E-state index in [2.05, 4.69) is 11.4 Å². The van der Waals surface area contributed by atoms with E-state index >= 15 is 0 Å². The molecule has 130 valence electrons. The summed E-state index contributed by atoms with van der Waals surface area (Å²) in [6.07, 6.45) is 0.213. The van der Waals surface area contributed by atoms with Gasteiger partial charge in [0.2, 0.25) is 0 Å². The van der Waals surface area contributed by atoms with Gasteiger partial charge in [0.25, 0.3) is 0 Å². The second-order valence-corrected chi connectivity index (χ2v) is 7.05. The van der Waals surface area contributed by atoms with Crippen molar-refractivity contribution in [1.82, 2.24) is 10.2 Å². The SMILES string of the molecule is COc1ccc(CNC2(C#N)CCN(C(=O)OC(C)(C)C)C2)cc1. The molecule has 1 aromatic rings. The molecule has 24 heavy (non-hydrogen) atoms. The highest BCUT2D eigenvalue weighted by Gasteiger charge is 2.41. The number of carbonyl (C=O) groups is 1. The van der Waals surface area contributed by atoms with Crippen LogP contribution in [0.1, 0.15) is 32.8 Å². The molecule has 0 aromatic heterocycles. The van der Waals surface area contributed by atoms with Gasteiger partial charge in [0, 0.05) is 13.1 Å². The quantitative estimate of drug-likeness (QED) is 0.918. The van der Waals surface area contributed by atoms with Crippen molar-refractivity contribution in [1.29, 1.82) is 5.26 Å². The summed E-state index contributed by atoms with van der Waals surface area (Å²) in [5.41, 5.74) is -0.219. The van der Waals surface area contributed by atoms with E-state index in [1.165, 1.54) is 0 Å². The topological polar surface area (TPSA) is 74.6 Å². The van der Waals surface area contributed by atoms with E-state index in [4.69, 9.17) is 9.47 Å². The van der Waals surface area contributed by atoms with Crippen LogP contribution in [0.15, 0.2) is 24.3 Å². The predicted molar refractivity (Wildman–Crippen MR) is 90.6 cm³/mol. The molecule has 6 nitrogen and oxygen atoms in total. The van der Waals surface area contributed by atoms with Gasteiger partial charge in [-0.05, 0) is 44.9 Å². The van der Waals surface area contributed by atoms with Gasteiger partial charge in [-0.3, -0.25) is 5.32 Å². The fraction of sp³-hybridized carbons (Fsp3) is 0.556. The molecule has 1 N–H and O–H groups in total. The van der Waals surface area contributed by atoms with Gasteiger partial charge in [-0.2, -0.15) is 5.26 Å². The van der Waals surface area contributed by atoms with Gasteiger partial charge in [-0.25, -0.2) is 4.79 Å². The van der Waals surface area contributed by atoms with Crippen LogP contribution >= 0.6 is 0 Å². The van der Waals surface area contributed by atoms with E-state index in [-0.39, 0.29) is 6.09 Å². The molecule has 1 aliphatic rings. The first kappa shape index (κ1) is 18.1. The van der Waals surface area contributed by atoms with Crippen LogP contribution in [0.4, 0.5) is 4.79 Å². The maximum atomic E-state index is 12.2. The normalized spacial score (nSPS) is 20.5. The molecular formula is C18H25N3O3. The zero-order chi connectivity index (χ0) is 17.8. The van der Waals surface area contributed by atoms with Crippen molar-refractivity contribution in [3.05, 3.63) is 29.8 Å². The lowest BCUT2D eigenvalue weighted by Gasteiger charge is -2.26. The summed E-state index contributed by atoms with van der Waals surface area (Å²) in [6, 6.07) is 10.0. The van der Waals surface area contributed by atoms with Crippen molar-refractivity contribution >= 4 is 6.09 Å². The van der Waals surface area contributed by atoms with Crippen LogP contribution in [0, 0.1) is 11.3 Å². The molecule has 0 bridgehead atoms. The molecule has 1 unspecified atom stereocenters. The van der Waals surface area contributed by atoms with Crippen molar-refractivity contribution in [2.45, 2.75) is 44.9 Å². The fourth-order valence-electron chi connectivity index (χ4n) is 2.58. The molecule has 1 aromatic carbocycles. The lowest BCUT2D eigenvalue weighted by atomic mass is 10.0. The van der Waals surface area contributed by atoms with Gasteiger partial charge in [0.15, 0.2) is 0 Å². The lowest BCUT2D eigenvalue weighted by molar-refractivity contribution is 0.0286. The highest BCUT2D eigenvalue weighted by atomic mass is 16.6. The Morgan fingerprint density at radius 1 is 1.38 bits per heavy atom. The second kappa shape index (κ2) is 7.10. The van der Waals surface area contributed by atoms with Gasteiger partial charge in [-0.15, -0.1) is 0 Å². The molecule has 1 fully saturated rings. The molecule has 1 atom stereocenters. The Hall–Kier alpha value is -2.26. The minimum Gasteiger partial charge on any atom is -0.497 e. The van der Waals surface area contributed by atoms with Crippen molar-refractivity contribution in [3.63, 3.8) is 0 Å². The Morgan fingerprint density at radius 2 is 2.04 bits per heavy atom. The molecule has 0 aliphatic carbocycles. The van der Waals surface area contributed by atoms with Crippen molar-refractivity contribution in [2.75, 3.05) is 20.2 Å². The summed E-state index contributed by atoms with van der Waals surface area (Å²) in [6.45, 7) is 6.90. The van der Waals surface area contributed by atoms with Crippen molar-refractivity contribution in [3.8, 4) is 11.8 Å².